The van der Waals surface area contributed by atoms with Crippen molar-refractivity contribution in [1.29, 1.82) is 0 Å². The first kappa shape index (κ1) is 20.2. The summed E-state index contributed by atoms with van der Waals surface area (Å²) in [6.07, 6.45) is 19.1. The monoisotopic (exact) mass is 296 g/mol. The highest BCUT2D eigenvalue weighted by Gasteiger charge is 2.04. The van der Waals surface area contributed by atoms with Gasteiger partial charge in [-0.25, -0.2) is 0 Å². The topological polar surface area (TPSA) is 26.3 Å². The van der Waals surface area contributed by atoms with Crippen LogP contribution in [0.3, 0.4) is 0 Å². The molecule has 0 N–H and O–H groups in total. The lowest BCUT2D eigenvalue weighted by Crippen LogP contribution is -2.10. The molecular formula is C19H36O2. The van der Waals surface area contributed by atoms with Crippen molar-refractivity contribution in [2.75, 3.05) is 0 Å². The van der Waals surface area contributed by atoms with Crippen molar-refractivity contribution >= 4 is 5.97 Å². The highest BCUT2D eigenvalue weighted by Crippen LogP contribution is 2.09. The lowest BCUT2D eigenvalue weighted by molar-refractivity contribution is -0.147. The summed E-state index contributed by atoms with van der Waals surface area (Å²) in [6.45, 7) is 6.05. The van der Waals surface area contributed by atoms with E-state index in [1.165, 1.54) is 57.8 Å². The highest BCUT2D eigenvalue weighted by molar-refractivity contribution is 5.69. The fraction of sp³-hybridized carbons (Fsp3) is 0.842. The van der Waals surface area contributed by atoms with E-state index in [9.17, 15) is 4.79 Å². The van der Waals surface area contributed by atoms with E-state index in [1.54, 1.807) is 0 Å². The van der Waals surface area contributed by atoms with Gasteiger partial charge in [-0.2, -0.15) is 0 Å². The van der Waals surface area contributed by atoms with Gasteiger partial charge < -0.3 is 4.74 Å². The summed E-state index contributed by atoms with van der Waals surface area (Å²) in [5, 5.41) is 0. The van der Waals surface area contributed by atoms with Crippen LogP contribution < -0.4 is 0 Å². The van der Waals surface area contributed by atoms with Crippen molar-refractivity contribution in [2.24, 2.45) is 0 Å². The summed E-state index contributed by atoms with van der Waals surface area (Å²) in [6, 6.07) is 0. The number of unbranched alkanes of at least 4 members (excludes halogenated alkanes) is 9. The molecule has 0 rings (SSSR count). The molecule has 0 unspecified atom stereocenters. The van der Waals surface area contributed by atoms with Crippen LogP contribution in [0.4, 0.5) is 0 Å². The molecule has 0 amide bonds. The Morgan fingerprint density at radius 3 is 1.95 bits per heavy atom. The van der Waals surface area contributed by atoms with Gasteiger partial charge in [-0.3, -0.25) is 4.79 Å². The van der Waals surface area contributed by atoms with Crippen LogP contribution in [-0.2, 0) is 9.53 Å². The zero-order valence-corrected chi connectivity index (χ0v) is 14.5. The molecule has 0 spiro atoms. The molecule has 0 atom stereocenters. The molecule has 2 heteroatoms. The zero-order chi connectivity index (χ0) is 15.8. The summed E-state index contributed by atoms with van der Waals surface area (Å²) >= 11 is 0. The second kappa shape index (κ2) is 15.6. The Morgan fingerprint density at radius 2 is 1.38 bits per heavy atom. The molecule has 0 aromatic carbocycles. The zero-order valence-electron chi connectivity index (χ0n) is 14.5. The van der Waals surface area contributed by atoms with Crippen LogP contribution in [0.15, 0.2) is 12.2 Å². The fourth-order valence-corrected chi connectivity index (χ4v) is 2.31. The number of ether oxygens (including phenoxy) is 1. The van der Waals surface area contributed by atoms with Gasteiger partial charge in [-0.15, -0.1) is 0 Å². The molecule has 124 valence electrons. The fourth-order valence-electron chi connectivity index (χ4n) is 2.31. The first-order chi connectivity index (χ1) is 10.2. The average molecular weight is 296 g/mol. The van der Waals surface area contributed by atoms with Crippen LogP contribution in [0.2, 0.25) is 0 Å². The Morgan fingerprint density at radius 1 is 0.857 bits per heavy atom. The van der Waals surface area contributed by atoms with E-state index < -0.39 is 0 Å². The first-order valence-corrected chi connectivity index (χ1v) is 9.01. The number of hydrogen-bond donors (Lipinski definition) is 0. The summed E-state index contributed by atoms with van der Waals surface area (Å²) < 4.78 is 5.11. The van der Waals surface area contributed by atoms with Gasteiger partial charge in [0.05, 0.1) is 6.10 Å². The van der Waals surface area contributed by atoms with Gasteiger partial charge in [0.15, 0.2) is 0 Å². The van der Waals surface area contributed by atoms with Crippen molar-refractivity contribution < 1.29 is 9.53 Å². The maximum Gasteiger partial charge on any atom is 0.306 e. The highest BCUT2D eigenvalue weighted by atomic mass is 16.5. The molecule has 0 heterocycles. The van der Waals surface area contributed by atoms with Crippen LogP contribution >= 0.6 is 0 Å². The van der Waals surface area contributed by atoms with Crippen molar-refractivity contribution in [3.05, 3.63) is 12.2 Å². The number of carbonyl (C=O) groups excluding carboxylic acids is 1. The second-order valence-electron chi connectivity index (χ2n) is 6.17. The number of rotatable bonds is 14. The van der Waals surface area contributed by atoms with E-state index in [-0.39, 0.29) is 12.1 Å². The molecule has 0 fully saturated rings. The van der Waals surface area contributed by atoms with E-state index >= 15 is 0 Å². The standard InChI is InChI=1S/C19H36O2/c1-4-5-6-7-8-9-10-11-12-13-14-15-16-17-19(20)21-18(2)3/h9-10,18H,4-8,11-17H2,1-3H3/b10-9+. The van der Waals surface area contributed by atoms with Crippen molar-refractivity contribution in [2.45, 2.75) is 104 Å². The molecule has 0 aliphatic heterocycles. The van der Waals surface area contributed by atoms with Crippen LogP contribution in [-0.4, -0.2) is 12.1 Å². The van der Waals surface area contributed by atoms with Crippen LogP contribution in [0.5, 0.6) is 0 Å². The quantitative estimate of drug-likeness (QED) is 0.217. The lowest BCUT2D eigenvalue weighted by Gasteiger charge is -2.07. The van der Waals surface area contributed by atoms with Crippen molar-refractivity contribution in [3.63, 3.8) is 0 Å². The maximum atomic E-state index is 11.3. The Bertz CT molecular complexity index is 256. The second-order valence-corrected chi connectivity index (χ2v) is 6.17. The Labute approximate surface area is 132 Å². The largest absolute Gasteiger partial charge is 0.463 e. The summed E-state index contributed by atoms with van der Waals surface area (Å²) in [7, 11) is 0. The van der Waals surface area contributed by atoms with Gasteiger partial charge in [0.25, 0.3) is 0 Å². The Hall–Kier alpha value is -0.790. The third-order valence-corrected chi connectivity index (χ3v) is 3.51. The Kier molecular flexibility index (Phi) is 15.0. The number of hydrogen-bond acceptors (Lipinski definition) is 2. The van der Waals surface area contributed by atoms with Crippen LogP contribution in [0.1, 0.15) is 97.8 Å². The number of esters is 1. The van der Waals surface area contributed by atoms with E-state index in [1.807, 2.05) is 13.8 Å². The SMILES string of the molecule is CCCCCC/C=C/CCCCCCCC(=O)OC(C)C. The molecular weight excluding hydrogens is 260 g/mol. The van der Waals surface area contributed by atoms with Crippen LogP contribution in [0, 0.1) is 0 Å². The van der Waals surface area contributed by atoms with E-state index in [0.29, 0.717) is 6.42 Å². The third-order valence-electron chi connectivity index (χ3n) is 3.51. The summed E-state index contributed by atoms with van der Waals surface area (Å²) in [5.74, 6) is -0.0454. The first-order valence-electron chi connectivity index (χ1n) is 9.01. The van der Waals surface area contributed by atoms with Crippen molar-refractivity contribution in [3.8, 4) is 0 Å². The molecule has 21 heavy (non-hydrogen) atoms. The molecule has 2 nitrogen and oxygen atoms in total. The minimum Gasteiger partial charge on any atom is -0.463 e. The molecule has 0 radical (unpaired) electrons. The molecule has 0 aliphatic rings. The molecule has 0 aromatic rings. The summed E-state index contributed by atoms with van der Waals surface area (Å²) in [5.41, 5.74) is 0. The smallest absolute Gasteiger partial charge is 0.306 e. The van der Waals surface area contributed by atoms with E-state index in [0.717, 1.165) is 12.8 Å². The normalized spacial score (nSPS) is 11.4. The Balaban J connectivity index is 3.18. The van der Waals surface area contributed by atoms with Gasteiger partial charge in [-0.1, -0.05) is 57.6 Å². The van der Waals surface area contributed by atoms with E-state index in [4.69, 9.17) is 4.74 Å². The van der Waals surface area contributed by atoms with Gasteiger partial charge in [0.2, 0.25) is 0 Å². The molecule has 0 bridgehead atoms. The van der Waals surface area contributed by atoms with Gasteiger partial charge in [0.1, 0.15) is 0 Å². The predicted octanol–water partition coefficient (Wildman–Crippen LogP) is 6.20. The minimum atomic E-state index is -0.0454. The van der Waals surface area contributed by atoms with Crippen molar-refractivity contribution in [1.82, 2.24) is 0 Å². The van der Waals surface area contributed by atoms with Crippen LogP contribution in [0.25, 0.3) is 0 Å². The van der Waals surface area contributed by atoms with Gasteiger partial charge in [-0.05, 0) is 46.0 Å². The maximum absolute atomic E-state index is 11.3. The predicted molar refractivity (Wildman–Crippen MR) is 91.4 cm³/mol. The number of carbonyl (C=O) groups is 1. The number of allylic oxidation sites excluding steroid dienone is 2. The lowest BCUT2D eigenvalue weighted by atomic mass is 10.1. The summed E-state index contributed by atoms with van der Waals surface area (Å²) in [4.78, 5) is 11.3. The molecule has 0 aromatic heterocycles. The van der Waals surface area contributed by atoms with Gasteiger partial charge >= 0.3 is 5.97 Å². The van der Waals surface area contributed by atoms with Gasteiger partial charge in [0, 0.05) is 6.42 Å². The van der Waals surface area contributed by atoms with E-state index in [2.05, 4.69) is 19.1 Å². The third kappa shape index (κ3) is 17.2. The molecule has 0 saturated heterocycles. The minimum absolute atomic E-state index is 0.0197. The molecule has 0 aliphatic carbocycles. The average Bonchev–Trinajstić information content (AvgIpc) is 2.43. The molecule has 0 saturated carbocycles.